The molecular formula is C21H27N3O4S. The third-order valence-corrected chi connectivity index (χ3v) is 6.58. The largest absolute Gasteiger partial charge is 0.376 e. The lowest BCUT2D eigenvalue weighted by Crippen LogP contribution is -2.48. The number of para-hydroxylation sites is 2. The van der Waals surface area contributed by atoms with E-state index in [1.54, 1.807) is 12.1 Å². The molecule has 1 aliphatic rings. The number of nitrogens with zero attached hydrogens (tertiary/aromatic N) is 2. The molecule has 0 aromatic heterocycles. The number of nitrogens with one attached hydrogen (secondary N) is 1. The minimum absolute atomic E-state index is 0.104. The lowest BCUT2D eigenvalue weighted by atomic mass is 10.2. The Morgan fingerprint density at radius 2 is 1.72 bits per heavy atom. The maximum atomic E-state index is 13.1. The van der Waals surface area contributed by atoms with Crippen LogP contribution in [0.5, 0.6) is 0 Å². The molecule has 1 saturated heterocycles. The van der Waals surface area contributed by atoms with Crippen LogP contribution in [0.2, 0.25) is 0 Å². The second-order valence-electron chi connectivity index (χ2n) is 7.47. The van der Waals surface area contributed by atoms with Gasteiger partial charge in [-0.3, -0.25) is 4.79 Å². The van der Waals surface area contributed by atoms with Crippen LogP contribution in [0.4, 0.5) is 11.4 Å². The molecule has 8 heteroatoms. The molecule has 0 bridgehead atoms. The van der Waals surface area contributed by atoms with Gasteiger partial charge in [-0.25, -0.2) is 8.42 Å². The minimum atomic E-state index is -3.71. The highest BCUT2D eigenvalue weighted by molar-refractivity contribution is 7.89. The first-order chi connectivity index (χ1) is 13.7. The van der Waals surface area contributed by atoms with Crippen LogP contribution >= 0.6 is 0 Å². The fourth-order valence-electron chi connectivity index (χ4n) is 3.44. The standard InChI is InChI=1S/C21H27N3O4S/c1-15-13-24(14-16(2)28-15)29(26,27)18-9-7-8-17(12-18)21(25)22-19-10-5-6-11-20(19)23(3)4/h5-12,15-16H,13-14H2,1-4H3,(H,22,25)/t15-,16-/m1/s1. The van der Waals surface area contributed by atoms with Crippen molar-refractivity contribution in [3.05, 3.63) is 54.1 Å². The van der Waals surface area contributed by atoms with Gasteiger partial charge >= 0.3 is 0 Å². The van der Waals surface area contributed by atoms with E-state index in [2.05, 4.69) is 5.32 Å². The van der Waals surface area contributed by atoms with Gasteiger partial charge in [-0.2, -0.15) is 4.31 Å². The zero-order valence-corrected chi connectivity index (χ0v) is 17.9. The Morgan fingerprint density at radius 3 is 2.38 bits per heavy atom. The lowest BCUT2D eigenvalue weighted by Gasteiger charge is -2.34. The fourth-order valence-corrected chi connectivity index (χ4v) is 5.07. The van der Waals surface area contributed by atoms with E-state index in [0.29, 0.717) is 18.8 Å². The molecule has 29 heavy (non-hydrogen) atoms. The van der Waals surface area contributed by atoms with Crippen molar-refractivity contribution < 1.29 is 17.9 Å². The minimum Gasteiger partial charge on any atom is -0.376 e. The predicted octanol–water partition coefficient (Wildman–Crippen LogP) is 2.80. The number of ether oxygens (including phenoxy) is 1. The summed E-state index contributed by atoms with van der Waals surface area (Å²) in [6, 6.07) is 13.6. The zero-order chi connectivity index (χ0) is 21.2. The van der Waals surface area contributed by atoms with Crippen LogP contribution in [0.3, 0.4) is 0 Å². The molecule has 0 radical (unpaired) electrons. The molecule has 2 atom stereocenters. The van der Waals surface area contributed by atoms with Crippen LogP contribution in [-0.2, 0) is 14.8 Å². The first-order valence-electron chi connectivity index (χ1n) is 9.52. The predicted molar refractivity (Wildman–Crippen MR) is 114 cm³/mol. The summed E-state index contributed by atoms with van der Waals surface area (Å²) in [4.78, 5) is 14.8. The number of rotatable bonds is 5. The Balaban J connectivity index is 1.85. The summed E-state index contributed by atoms with van der Waals surface area (Å²) in [5.41, 5.74) is 1.81. The van der Waals surface area contributed by atoms with Gasteiger partial charge in [-0.05, 0) is 44.2 Å². The number of carbonyl (C=O) groups is 1. The smallest absolute Gasteiger partial charge is 0.255 e. The molecule has 1 fully saturated rings. The molecular weight excluding hydrogens is 390 g/mol. The van der Waals surface area contributed by atoms with Gasteiger partial charge in [-0.1, -0.05) is 18.2 Å². The zero-order valence-electron chi connectivity index (χ0n) is 17.1. The molecule has 2 aromatic rings. The highest BCUT2D eigenvalue weighted by atomic mass is 32.2. The van der Waals surface area contributed by atoms with Crippen LogP contribution in [0.15, 0.2) is 53.4 Å². The molecule has 0 aliphatic carbocycles. The van der Waals surface area contributed by atoms with Gasteiger partial charge in [0.15, 0.2) is 0 Å². The molecule has 156 valence electrons. The summed E-state index contributed by atoms with van der Waals surface area (Å²) in [5.74, 6) is -0.361. The average Bonchev–Trinajstić information content (AvgIpc) is 2.67. The number of benzene rings is 2. The second-order valence-corrected chi connectivity index (χ2v) is 9.41. The first kappa shape index (κ1) is 21.3. The van der Waals surface area contributed by atoms with Gasteiger partial charge in [0.05, 0.1) is 28.5 Å². The topological polar surface area (TPSA) is 79.0 Å². The summed E-state index contributed by atoms with van der Waals surface area (Å²) in [6.07, 6.45) is -0.356. The van der Waals surface area contributed by atoms with Crippen molar-refractivity contribution in [1.29, 1.82) is 0 Å². The molecule has 0 spiro atoms. The number of amides is 1. The Kier molecular flexibility index (Phi) is 6.26. The van der Waals surface area contributed by atoms with E-state index in [9.17, 15) is 13.2 Å². The van der Waals surface area contributed by atoms with Crippen LogP contribution in [-0.4, -0.2) is 58.0 Å². The van der Waals surface area contributed by atoms with Gasteiger partial charge in [0.1, 0.15) is 0 Å². The van der Waals surface area contributed by atoms with E-state index < -0.39 is 10.0 Å². The van der Waals surface area contributed by atoms with Crippen LogP contribution in [0, 0.1) is 0 Å². The molecule has 1 amide bonds. The maximum absolute atomic E-state index is 13.1. The molecule has 1 N–H and O–H groups in total. The van der Waals surface area contributed by atoms with Crippen molar-refractivity contribution >= 4 is 27.3 Å². The van der Waals surface area contributed by atoms with E-state index in [-0.39, 0.29) is 28.6 Å². The quantitative estimate of drug-likeness (QED) is 0.809. The highest BCUT2D eigenvalue weighted by Crippen LogP contribution is 2.25. The Labute approximate surface area is 172 Å². The molecule has 1 heterocycles. The van der Waals surface area contributed by atoms with Gasteiger partial charge < -0.3 is 15.0 Å². The average molecular weight is 418 g/mol. The second kappa shape index (κ2) is 8.52. The van der Waals surface area contributed by atoms with Crippen LogP contribution in [0.1, 0.15) is 24.2 Å². The van der Waals surface area contributed by atoms with Crippen molar-refractivity contribution in [3.8, 4) is 0 Å². The monoisotopic (exact) mass is 417 g/mol. The fraction of sp³-hybridized carbons (Fsp3) is 0.381. The molecule has 0 saturated carbocycles. The van der Waals surface area contributed by atoms with Gasteiger partial charge in [-0.15, -0.1) is 0 Å². The Morgan fingerprint density at radius 1 is 1.07 bits per heavy atom. The third-order valence-electron chi connectivity index (χ3n) is 4.75. The lowest BCUT2D eigenvalue weighted by molar-refractivity contribution is -0.0440. The Hall–Kier alpha value is -2.42. The van der Waals surface area contributed by atoms with Gasteiger partial charge in [0, 0.05) is 32.7 Å². The van der Waals surface area contributed by atoms with Crippen molar-refractivity contribution in [3.63, 3.8) is 0 Å². The molecule has 7 nitrogen and oxygen atoms in total. The molecule has 3 rings (SSSR count). The van der Waals surface area contributed by atoms with Gasteiger partial charge in [0.25, 0.3) is 5.91 Å². The van der Waals surface area contributed by atoms with Crippen LogP contribution in [0.25, 0.3) is 0 Å². The molecule has 1 aliphatic heterocycles. The van der Waals surface area contributed by atoms with Crippen molar-refractivity contribution in [1.82, 2.24) is 4.31 Å². The summed E-state index contributed by atoms with van der Waals surface area (Å²) in [7, 11) is 0.0695. The van der Waals surface area contributed by atoms with E-state index in [4.69, 9.17) is 4.74 Å². The SMILES string of the molecule is C[C@@H]1CN(S(=O)(=O)c2cccc(C(=O)Nc3ccccc3N(C)C)c2)C[C@@H](C)O1. The molecule has 2 aromatic carbocycles. The van der Waals surface area contributed by atoms with Crippen LogP contribution < -0.4 is 10.2 Å². The van der Waals surface area contributed by atoms with Gasteiger partial charge in [0.2, 0.25) is 10.0 Å². The summed E-state index contributed by atoms with van der Waals surface area (Å²) in [6.45, 7) is 4.28. The number of hydrogen-bond donors (Lipinski definition) is 1. The summed E-state index contributed by atoms with van der Waals surface area (Å²) >= 11 is 0. The normalized spacial score (nSPS) is 20.3. The molecule has 0 unspecified atom stereocenters. The number of carbonyl (C=O) groups excluding carboxylic acids is 1. The van der Waals surface area contributed by atoms with E-state index >= 15 is 0 Å². The summed E-state index contributed by atoms with van der Waals surface area (Å²) < 4.78 is 33.2. The van der Waals surface area contributed by atoms with Crippen molar-refractivity contribution in [2.75, 3.05) is 37.4 Å². The maximum Gasteiger partial charge on any atom is 0.255 e. The number of sulfonamides is 1. The first-order valence-corrected chi connectivity index (χ1v) is 11.0. The van der Waals surface area contributed by atoms with Crippen molar-refractivity contribution in [2.24, 2.45) is 0 Å². The van der Waals surface area contributed by atoms with E-state index in [1.165, 1.54) is 16.4 Å². The highest BCUT2D eigenvalue weighted by Gasteiger charge is 2.32. The number of hydrogen-bond acceptors (Lipinski definition) is 5. The van der Waals surface area contributed by atoms with E-state index in [0.717, 1.165) is 5.69 Å². The number of anilines is 2. The number of morpholine rings is 1. The Bertz CT molecular complexity index is 981. The van der Waals surface area contributed by atoms with E-state index in [1.807, 2.05) is 57.1 Å². The van der Waals surface area contributed by atoms with Crippen molar-refractivity contribution in [2.45, 2.75) is 31.0 Å². The summed E-state index contributed by atoms with van der Waals surface area (Å²) in [5, 5.41) is 2.87. The third kappa shape index (κ3) is 4.77.